The summed E-state index contributed by atoms with van der Waals surface area (Å²) in [6.07, 6.45) is 4.76. The van der Waals surface area contributed by atoms with Gasteiger partial charge in [0.15, 0.2) is 0 Å². The van der Waals surface area contributed by atoms with Crippen molar-refractivity contribution >= 4 is 5.97 Å². The third-order valence-corrected chi connectivity index (χ3v) is 1.25. The van der Waals surface area contributed by atoms with Crippen LogP contribution in [0.25, 0.3) is 0 Å². The molecule has 0 aromatic carbocycles. The third kappa shape index (κ3) is 7.24. The van der Waals surface area contributed by atoms with Crippen LogP contribution in [-0.4, -0.2) is 24.2 Å². The Morgan fingerprint density at radius 1 is 1.58 bits per heavy atom. The van der Waals surface area contributed by atoms with Gasteiger partial charge in [0.1, 0.15) is 6.61 Å². The van der Waals surface area contributed by atoms with E-state index in [4.69, 9.17) is 5.11 Å². The van der Waals surface area contributed by atoms with Gasteiger partial charge in [0, 0.05) is 6.54 Å². The fourth-order valence-electron chi connectivity index (χ4n) is 0.650. The monoisotopic (exact) mass is 173 g/mol. The maximum atomic E-state index is 10.3. The smallest absolute Gasteiger partial charge is 0.350 e. The van der Waals surface area contributed by atoms with E-state index >= 15 is 0 Å². The van der Waals surface area contributed by atoms with Crippen LogP contribution in [-0.2, 0) is 9.63 Å². The maximum absolute atomic E-state index is 10.3. The van der Waals surface area contributed by atoms with Crippen molar-refractivity contribution in [3.05, 3.63) is 12.7 Å². The highest BCUT2D eigenvalue weighted by molar-refractivity contribution is 5.69. The lowest BCUT2D eigenvalue weighted by Gasteiger charge is -2.02. The Kier molecular flexibility index (Phi) is 7.63. The van der Waals surface area contributed by atoms with Gasteiger partial charge in [-0.15, -0.1) is 6.58 Å². The lowest BCUT2D eigenvalue weighted by Crippen LogP contribution is -2.22. The van der Waals surface area contributed by atoms with Crippen LogP contribution in [0.15, 0.2) is 12.7 Å². The second-order valence-corrected chi connectivity index (χ2v) is 2.31. The van der Waals surface area contributed by atoms with Crippen LogP contribution in [0.1, 0.15) is 19.3 Å². The summed E-state index contributed by atoms with van der Waals surface area (Å²) in [5.41, 5.74) is 2.45. The van der Waals surface area contributed by atoms with E-state index in [1.807, 2.05) is 6.08 Å². The summed E-state index contributed by atoms with van der Waals surface area (Å²) in [7, 11) is 0. The SMILES string of the molecule is C=CCCCCNOC(=O)CO. The molecule has 0 radical (unpaired) electrons. The lowest BCUT2D eigenvalue weighted by atomic mass is 10.2. The lowest BCUT2D eigenvalue weighted by molar-refractivity contribution is -0.154. The van der Waals surface area contributed by atoms with E-state index in [2.05, 4.69) is 16.9 Å². The molecule has 2 N–H and O–H groups in total. The van der Waals surface area contributed by atoms with Crippen LogP contribution in [0.3, 0.4) is 0 Å². The Bertz CT molecular complexity index is 136. The van der Waals surface area contributed by atoms with Gasteiger partial charge in [0.2, 0.25) is 0 Å². The number of carbonyl (C=O) groups excluding carboxylic acids is 1. The van der Waals surface area contributed by atoms with Gasteiger partial charge in [-0.3, -0.25) is 0 Å². The zero-order valence-corrected chi connectivity index (χ0v) is 7.08. The Balaban J connectivity index is 3.00. The molecule has 0 aliphatic rings. The number of unbranched alkanes of at least 4 members (excludes halogenated alkanes) is 2. The summed E-state index contributed by atoms with van der Waals surface area (Å²) >= 11 is 0. The average Bonchev–Trinajstić information content (AvgIpc) is 2.10. The second kappa shape index (κ2) is 8.23. The molecule has 0 heterocycles. The Labute approximate surface area is 72.2 Å². The summed E-state index contributed by atoms with van der Waals surface area (Å²) in [5.74, 6) is -0.654. The quantitative estimate of drug-likeness (QED) is 0.332. The van der Waals surface area contributed by atoms with Crippen LogP contribution in [0, 0.1) is 0 Å². The van der Waals surface area contributed by atoms with Gasteiger partial charge in [-0.05, 0) is 19.3 Å². The zero-order chi connectivity index (χ0) is 9.23. The number of carbonyl (C=O) groups is 1. The highest BCUT2D eigenvalue weighted by Crippen LogP contribution is 1.93. The molecule has 0 amide bonds. The van der Waals surface area contributed by atoms with Crippen molar-refractivity contribution in [2.24, 2.45) is 0 Å². The fourth-order valence-corrected chi connectivity index (χ4v) is 0.650. The van der Waals surface area contributed by atoms with E-state index in [-0.39, 0.29) is 0 Å². The van der Waals surface area contributed by atoms with Crippen molar-refractivity contribution in [1.29, 1.82) is 0 Å². The minimum absolute atomic E-state index is 0.584. The number of aliphatic hydroxyl groups excluding tert-OH is 1. The van der Waals surface area contributed by atoms with Crippen LogP contribution in [0.2, 0.25) is 0 Å². The molecule has 0 saturated carbocycles. The predicted octanol–water partition coefficient (Wildman–Crippen LogP) is 0.383. The first kappa shape index (κ1) is 11.1. The summed E-state index contributed by atoms with van der Waals surface area (Å²) in [5, 5.41) is 8.25. The molecule has 12 heavy (non-hydrogen) atoms. The van der Waals surface area contributed by atoms with E-state index in [0.29, 0.717) is 6.54 Å². The number of nitrogens with one attached hydrogen (secondary N) is 1. The minimum Gasteiger partial charge on any atom is -0.385 e. The molecule has 0 rings (SSSR count). The fraction of sp³-hybridized carbons (Fsp3) is 0.625. The molecular formula is C8H15NO3. The molecule has 0 aliphatic heterocycles. The highest BCUT2D eigenvalue weighted by atomic mass is 16.7. The summed E-state index contributed by atoms with van der Waals surface area (Å²) in [6.45, 7) is 3.61. The van der Waals surface area contributed by atoms with Crippen LogP contribution < -0.4 is 5.48 Å². The van der Waals surface area contributed by atoms with Gasteiger partial charge in [-0.25, -0.2) is 4.79 Å². The summed E-state index contributed by atoms with van der Waals surface area (Å²) < 4.78 is 0. The number of hydroxylamine groups is 1. The Hall–Kier alpha value is -0.870. The molecule has 0 atom stereocenters. The van der Waals surface area contributed by atoms with E-state index in [1.54, 1.807) is 0 Å². The standard InChI is InChI=1S/C8H15NO3/c1-2-3-4-5-6-9-12-8(11)7-10/h2,9-10H,1,3-7H2. The normalized spacial score (nSPS) is 9.42. The Morgan fingerprint density at radius 3 is 2.92 bits per heavy atom. The van der Waals surface area contributed by atoms with E-state index in [1.165, 1.54) is 0 Å². The predicted molar refractivity (Wildman–Crippen MR) is 45.2 cm³/mol. The van der Waals surface area contributed by atoms with Crippen molar-refractivity contribution in [2.45, 2.75) is 19.3 Å². The molecule has 0 saturated heterocycles. The topological polar surface area (TPSA) is 58.6 Å². The van der Waals surface area contributed by atoms with Crippen molar-refractivity contribution in [1.82, 2.24) is 5.48 Å². The first-order valence-electron chi connectivity index (χ1n) is 3.95. The van der Waals surface area contributed by atoms with E-state index < -0.39 is 12.6 Å². The zero-order valence-electron chi connectivity index (χ0n) is 7.08. The first-order chi connectivity index (χ1) is 5.81. The summed E-state index contributed by atoms with van der Waals surface area (Å²) in [6, 6.07) is 0. The van der Waals surface area contributed by atoms with Crippen LogP contribution in [0.4, 0.5) is 0 Å². The van der Waals surface area contributed by atoms with Crippen molar-refractivity contribution in [3.63, 3.8) is 0 Å². The van der Waals surface area contributed by atoms with Gasteiger partial charge < -0.3 is 9.94 Å². The second-order valence-electron chi connectivity index (χ2n) is 2.31. The largest absolute Gasteiger partial charge is 0.385 e. The van der Waals surface area contributed by atoms with Crippen molar-refractivity contribution in [3.8, 4) is 0 Å². The number of hydrogen-bond acceptors (Lipinski definition) is 4. The molecule has 4 heteroatoms. The number of hydrogen-bond donors (Lipinski definition) is 2. The molecule has 0 spiro atoms. The van der Waals surface area contributed by atoms with E-state index in [0.717, 1.165) is 19.3 Å². The molecule has 0 aromatic rings. The highest BCUT2D eigenvalue weighted by Gasteiger charge is 1.97. The third-order valence-electron chi connectivity index (χ3n) is 1.25. The molecule has 0 aliphatic carbocycles. The van der Waals surface area contributed by atoms with Crippen molar-refractivity contribution < 1.29 is 14.7 Å². The number of aliphatic hydroxyl groups is 1. The first-order valence-corrected chi connectivity index (χ1v) is 3.95. The molecule has 4 nitrogen and oxygen atoms in total. The van der Waals surface area contributed by atoms with Gasteiger partial charge in [0.05, 0.1) is 0 Å². The molecule has 0 fully saturated rings. The number of allylic oxidation sites excluding steroid dienone is 1. The van der Waals surface area contributed by atoms with Gasteiger partial charge in [0.25, 0.3) is 0 Å². The van der Waals surface area contributed by atoms with Crippen LogP contribution >= 0.6 is 0 Å². The summed E-state index contributed by atoms with van der Waals surface area (Å²) in [4.78, 5) is 14.8. The van der Waals surface area contributed by atoms with Gasteiger partial charge in [-0.1, -0.05) is 6.08 Å². The number of rotatable bonds is 7. The van der Waals surface area contributed by atoms with Gasteiger partial charge >= 0.3 is 5.97 Å². The average molecular weight is 173 g/mol. The van der Waals surface area contributed by atoms with E-state index in [9.17, 15) is 4.79 Å². The molecule has 0 bridgehead atoms. The van der Waals surface area contributed by atoms with Gasteiger partial charge in [-0.2, -0.15) is 5.48 Å². The minimum atomic E-state index is -0.654. The Morgan fingerprint density at radius 2 is 2.33 bits per heavy atom. The molecule has 0 unspecified atom stereocenters. The van der Waals surface area contributed by atoms with Crippen LogP contribution in [0.5, 0.6) is 0 Å². The van der Waals surface area contributed by atoms with Crippen molar-refractivity contribution in [2.75, 3.05) is 13.2 Å². The molecular weight excluding hydrogens is 158 g/mol. The molecule has 0 aromatic heterocycles. The maximum Gasteiger partial charge on any atom is 0.350 e. The molecule has 70 valence electrons.